The number of amides is 2. The average molecular weight is 340 g/mol. The number of rotatable bonds is 5. The van der Waals surface area contributed by atoms with Crippen molar-refractivity contribution in [2.24, 2.45) is 5.92 Å². The zero-order valence-electron chi connectivity index (χ0n) is 14.3. The number of nitrogens with zero attached hydrogens (tertiary/aromatic N) is 4. The van der Waals surface area contributed by atoms with Crippen LogP contribution in [-0.2, 0) is 19.5 Å². The second-order valence-electron chi connectivity index (χ2n) is 6.89. The molecule has 0 saturated heterocycles. The SMILES string of the molecule is O=C(NCc1nnc2n1CCC2)N[C@H](c1ccccn1)C1CCCC1. The lowest BCUT2D eigenvalue weighted by atomic mass is 9.95. The van der Waals surface area contributed by atoms with Crippen molar-refractivity contribution in [3.8, 4) is 0 Å². The molecule has 2 N–H and O–H groups in total. The molecule has 3 heterocycles. The van der Waals surface area contributed by atoms with Crippen LogP contribution in [0.4, 0.5) is 4.79 Å². The molecule has 2 aromatic rings. The smallest absolute Gasteiger partial charge is 0.315 e. The maximum atomic E-state index is 12.5. The molecule has 0 spiro atoms. The molecule has 25 heavy (non-hydrogen) atoms. The van der Waals surface area contributed by atoms with Gasteiger partial charge in [-0.3, -0.25) is 4.98 Å². The molecule has 1 fully saturated rings. The average Bonchev–Trinajstić information content (AvgIpc) is 3.37. The van der Waals surface area contributed by atoms with Crippen molar-refractivity contribution < 1.29 is 4.79 Å². The first-order valence-electron chi connectivity index (χ1n) is 9.17. The summed E-state index contributed by atoms with van der Waals surface area (Å²) in [5, 5.41) is 14.4. The highest BCUT2D eigenvalue weighted by molar-refractivity contribution is 5.74. The molecule has 2 amide bonds. The van der Waals surface area contributed by atoms with E-state index in [1.54, 1.807) is 6.20 Å². The number of nitrogens with one attached hydrogen (secondary N) is 2. The Morgan fingerprint density at radius 2 is 2.12 bits per heavy atom. The summed E-state index contributed by atoms with van der Waals surface area (Å²) < 4.78 is 2.10. The minimum Gasteiger partial charge on any atom is -0.331 e. The maximum Gasteiger partial charge on any atom is 0.315 e. The number of aryl methyl sites for hydroxylation is 1. The summed E-state index contributed by atoms with van der Waals surface area (Å²) in [6.07, 6.45) is 8.59. The summed E-state index contributed by atoms with van der Waals surface area (Å²) in [7, 11) is 0. The molecule has 7 heteroatoms. The van der Waals surface area contributed by atoms with Gasteiger partial charge in [-0.2, -0.15) is 0 Å². The van der Waals surface area contributed by atoms with Crippen molar-refractivity contribution in [1.29, 1.82) is 0 Å². The highest BCUT2D eigenvalue weighted by Gasteiger charge is 2.28. The molecular weight excluding hydrogens is 316 g/mol. The lowest BCUT2D eigenvalue weighted by Gasteiger charge is -2.24. The Morgan fingerprint density at radius 1 is 1.24 bits per heavy atom. The Labute approximate surface area is 147 Å². The molecule has 4 rings (SSSR count). The monoisotopic (exact) mass is 340 g/mol. The molecule has 132 valence electrons. The predicted octanol–water partition coefficient (Wildman–Crippen LogP) is 2.35. The molecule has 7 nitrogen and oxygen atoms in total. The number of carbonyl (C=O) groups is 1. The first kappa shape index (κ1) is 16.1. The largest absolute Gasteiger partial charge is 0.331 e. The number of hydrogen-bond donors (Lipinski definition) is 2. The number of hydrogen-bond acceptors (Lipinski definition) is 4. The van der Waals surface area contributed by atoms with Crippen molar-refractivity contribution >= 4 is 6.03 Å². The number of urea groups is 1. The van der Waals surface area contributed by atoms with Gasteiger partial charge in [0.05, 0.1) is 18.3 Å². The van der Waals surface area contributed by atoms with Crippen molar-refractivity contribution in [3.05, 3.63) is 41.7 Å². The van der Waals surface area contributed by atoms with Gasteiger partial charge in [-0.05, 0) is 37.3 Å². The molecule has 0 bridgehead atoms. The first-order chi connectivity index (χ1) is 12.3. The molecule has 1 aliphatic heterocycles. The van der Waals surface area contributed by atoms with Gasteiger partial charge < -0.3 is 15.2 Å². The normalized spacial score (nSPS) is 18.1. The summed E-state index contributed by atoms with van der Waals surface area (Å²) >= 11 is 0. The van der Waals surface area contributed by atoms with Crippen molar-refractivity contribution in [2.75, 3.05) is 0 Å². The first-order valence-corrected chi connectivity index (χ1v) is 9.17. The van der Waals surface area contributed by atoms with Crippen LogP contribution in [0.1, 0.15) is 55.5 Å². The van der Waals surface area contributed by atoms with Gasteiger partial charge in [0, 0.05) is 19.2 Å². The van der Waals surface area contributed by atoms with E-state index in [1.165, 1.54) is 12.8 Å². The molecule has 2 aliphatic rings. The van der Waals surface area contributed by atoms with Crippen molar-refractivity contribution in [3.63, 3.8) is 0 Å². The zero-order chi connectivity index (χ0) is 17.1. The maximum absolute atomic E-state index is 12.5. The fraction of sp³-hybridized carbons (Fsp3) is 0.556. The van der Waals surface area contributed by atoms with E-state index in [1.807, 2.05) is 18.2 Å². The Kier molecular flexibility index (Phi) is 4.63. The summed E-state index contributed by atoms with van der Waals surface area (Å²) in [6.45, 7) is 1.35. The van der Waals surface area contributed by atoms with E-state index in [9.17, 15) is 4.79 Å². The zero-order valence-corrected chi connectivity index (χ0v) is 14.3. The molecule has 2 aromatic heterocycles. The highest BCUT2D eigenvalue weighted by atomic mass is 16.2. The van der Waals surface area contributed by atoms with Crippen molar-refractivity contribution in [2.45, 2.75) is 57.7 Å². The van der Waals surface area contributed by atoms with Crippen LogP contribution in [-0.4, -0.2) is 25.8 Å². The number of aromatic nitrogens is 4. The van der Waals surface area contributed by atoms with Crippen LogP contribution in [0.15, 0.2) is 24.4 Å². The molecular formula is C18H24N6O. The lowest BCUT2D eigenvalue weighted by Crippen LogP contribution is -2.40. The number of fused-ring (bicyclic) bond motifs is 1. The summed E-state index contributed by atoms with van der Waals surface area (Å²) in [6, 6.07) is 5.67. The van der Waals surface area contributed by atoms with E-state index in [0.29, 0.717) is 12.5 Å². The van der Waals surface area contributed by atoms with Crippen LogP contribution in [0, 0.1) is 5.92 Å². The van der Waals surface area contributed by atoms with Gasteiger partial charge in [-0.25, -0.2) is 4.79 Å². The van der Waals surface area contributed by atoms with Crippen LogP contribution in [0.25, 0.3) is 0 Å². The Morgan fingerprint density at radius 3 is 2.92 bits per heavy atom. The van der Waals surface area contributed by atoms with Crippen LogP contribution in [0.3, 0.4) is 0 Å². The fourth-order valence-corrected chi connectivity index (χ4v) is 3.98. The van der Waals surface area contributed by atoms with Gasteiger partial charge in [-0.15, -0.1) is 10.2 Å². The summed E-state index contributed by atoms with van der Waals surface area (Å²) in [4.78, 5) is 16.9. The van der Waals surface area contributed by atoms with Crippen LogP contribution in [0.5, 0.6) is 0 Å². The van der Waals surface area contributed by atoms with Crippen LogP contribution < -0.4 is 10.6 Å². The molecule has 0 radical (unpaired) electrons. The minimum atomic E-state index is -0.169. The molecule has 1 atom stereocenters. The Balaban J connectivity index is 1.40. The van der Waals surface area contributed by atoms with Gasteiger partial charge in [0.1, 0.15) is 5.82 Å². The minimum absolute atomic E-state index is 0.0344. The second-order valence-corrected chi connectivity index (χ2v) is 6.89. The summed E-state index contributed by atoms with van der Waals surface area (Å²) in [5.41, 5.74) is 0.938. The van der Waals surface area contributed by atoms with Gasteiger partial charge in [0.25, 0.3) is 0 Å². The van der Waals surface area contributed by atoms with Gasteiger partial charge in [0.2, 0.25) is 0 Å². The van der Waals surface area contributed by atoms with E-state index < -0.39 is 0 Å². The Hall–Kier alpha value is -2.44. The van der Waals surface area contributed by atoms with Gasteiger partial charge in [-0.1, -0.05) is 18.9 Å². The fourth-order valence-electron chi connectivity index (χ4n) is 3.98. The predicted molar refractivity (Wildman–Crippen MR) is 92.7 cm³/mol. The van der Waals surface area contributed by atoms with E-state index in [2.05, 4.69) is 30.4 Å². The van der Waals surface area contributed by atoms with Gasteiger partial charge in [0.15, 0.2) is 5.82 Å². The third-order valence-electron chi connectivity index (χ3n) is 5.26. The van der Waals surface area contributed by atoms with Gasteiger partial charge >= 0.3 is 6.03 Å². The van der Waals surface area contributed by atoms with E-state index in [0.717, 1.165) is 49.6 Å². The van der Waals surface area contributed by atoms with Crippen LogP contribution in [0.2, 0.25) is 0 Å². The van der Waals surface area contributed by atoms with E-state index >= 15 is 0 Å². The van der Waals surface area contributed by atoms with E-state index in [-0.39, 0.29) is 12.1 Å². The Bertz CT molecular complexity index is 722. The highest BCUT2D eigenvalue weighted by Crippen LogP contribution is 2.34. The third kappa shape index (κ3) is 3.50. The molecule has 1 saturated carbocycles. The van der Waals surface area contributed by atoms with Crippen molar-refractivity contribution in [1.82, 2.24) is 30.4 Å². The molecule has 0 aromatic carbocycles. The quantitative estimate of drug-likeness (QED) is 0.875. The van der Waals surface area contributed by atoms with E-state index in [4.69, 9.17) is 0 Å². The second kappa shape index (κ2) is 7.21. The summed E-state index contributed by atoms with van der Waals surface area (Å²) in [5.74, 6) is 2.31. The number of pyridine rings is 1. The molecule has 0 unspecified atom stereocenters. The topological polar surface area (TPSA) is 84.7 Å². The molecule has 1 aliphatic carbocycles. The third-order valence-corrected chi connectivity index (χ3v) is 5.26. The lowest BCUT2D eigenvalue weighted by molar-refractivity contribution is 0.229. The standard InChI is InChI=1S/C18H24N6O/c25-18(20-12-16-23-22-15-9-5-11-24(15)16)21-17(13-6-1-2-7-13)14-8-3-4-10-19-14/h3-4,8,10,13,17H,1-2,5-7,9,11-12H2,(H2,20,21,25)/t17-/m0/s1. The van der Waals surface area contributed by atoms with Crippen LogP contribution >= 0.6 is 0 Å². The number of carbonyl (C=O) groups excluding carboxylic acids is 1.